The number of nitrogens with zero attached hydrogens (tertiary/aromatic N) is 1. The van der Waals surface area contributed by atoms with Crippen LogP contribution in [0.4, 0.5) is 0 Å². The fourth-order valence-electron chi connectivity index (χ4n) is 2.98. The monoisotopic (exact) mass is 531 g/mol. The molecule has 0 aromatic heterocycles. The molecule has 0 saturated heterocycles. The summed E-state index contributed by atoms with van der Waals surface area (Å²) in [6.45, 7) is 0.395. The molecule has 0 spiro atoms. The number of methoxy groups -OCH3 is 1. The van der Waals surface area contributed by atoms with Gasteiger partial charge < -0.3 is 14.2 Å². The van der Waals surface area contributed by atoms with Crippen molar-refractivity contribution in [2.45, 2.75) is 6.61 Å². The lowest BCUT2D eigenvalue weighted by Crippen LogP contribution is -2.05. The standard InChI is InChI=1S/C24H16BrCl2NO4/c1-30-22-11-15(4-9-21(22)31-13-14-2-5-16(25)6-3-14)10-20-24(29)32-23(28-20)18-8-7-17(26)12-19(18)27/h2-12H,13H2,1H3/b20-10-. The number of halogens is 3. The van der Waals surface area contributed by atoms with Crippen molar-refractivity contribution in [3.63, 3.8) is 0 Å². The van der Waals surface area contributed by atoms with Crippen molar-refractivity contribution in [1.29, 1.82) is 0 Å². The first-order valence-corrected chi connectivity index (χ1v) is 11.0. The highest BCUT2D eigenvalue weighted by Crippen LogP contribution is 2.31. The minimum atomic E-state index is -0.569. The molecule has 3 aromatic carbocycles. The Morgan fingerprint density at radius 3 is 2.53 bits per heavy atom. The first-order chi connectivity index (χ1) is 15.4. The summed E-state index contributed by atoms with van der Waals surface area (Å²) in [7, 11) is 1.56. The highest BCUT2D eigenvalue weighted by atomic mass is 79.9. The van der Waals surface area contributed by atoms with E-state index in [1.54, 1.807) is 43.5 Å². The second-order valence-electron chi connectivity index (χ2n) is 6.79. The van der Waals surface area contributed by atoms with Crippen LogP contribution in [0.3, 0.4) is 0 Å². The van der Waals surface area contributed by atoms with Crippen LogP contribution < -0.4 is 9.47 Å². The molecule has 1 aliphatic heterocycles. The molecule has 3 aromatic rings. The first-order valence-electron chi connectivity index (χ1n) is 9.46. The van der Waals surface area contributed by atoms with E-state index < -0.39 is 5.97 Å². The quantitative estimate of drug-likeness (QED) is 0.262. The van der Waals surface area contributed by atoms with E-state index in [-0.39, 0.29) is 11.6 Å². The van der Waals surface area contributed by atoms with Gasteiger partial charge in [0.1, 0.15) is 6.61 Å². The molecule has 0 amide bonds. The maximum atomic E-state index is 12.3. The molecule has 8 heteroatoms. The molecule has 1 heterocycles. The number of benzene rings is 3. The maximum absolute atomic E-state index is 12.3. The summed E-state index contributed by atoms with van der Waals surface area (Å²) in [4.78, 5) is 16.6. The average molecular weight is 533 g/mol. The highest BCUT2D eigenvalue weighted by molar-refractivity contribution is 9.10. The van der Waals surface area contributed by atoms with Gasteiger partial charge in [-0.05, 0) is 59.7 Å². The van der Waals surface area contributed by atoms with Crippen molar-refractivity contribution in [2.75, 3.05) is 7.11 Å². The fraction of sp³-hybridized carbons (Fsp3) is 0.0833. The predicted octanol–water partition coefficient (Wildman–Crippen LogP) is 6.69. The van der Waals surface area contributed by atoms with Gasteiger partial charge in [0.25, 0.3) is 0 Å². The molecule has 162 valence electrons. The molecule has 0 bridgehead atoms. The van der Waals surface area contributed by atoms with Crippen molar-refractivity contribution in [1.82, 2.24) is 0 Å². The van der Waals surface area contributed by atoms with Gasteiger partial charge in [0.2, 0.25) is 5.90 Å². The fourth-order valence-corrected chi connectivity index (χ4v) is 3.73. The molecule has 32 heavy (non-hydrogen) atoms. The molecule has 0 atom stereocenters. The van der Waals surface area contributed by atoms with Gasteiger partial charge in [0.05, 0.1) is 17.7 Å². The van der Waals surface area contributed by atoms with Crippen molar-refractivity contribution >= 4 is 57.1 Å². The summed E-state index contributed by atoms with van der Waals surface area (Å²) < 4.78 is 17.6. The number of ether oxygens (including phenoxy) is 3. The first kappa shape index (κ1) is 22.4. The van der Waals surface area contributed by atoms with E-state index in [2.05, 4.69) is 20.9 Å². The topological polar surface area (TPSA) is 57.1 Å². The summed E-state index contributed by atoms with van der Waals surface area (Å²) in [5.41, 5.74) is 2.37. The smallest absolute Gasteiger partial charge is 0.363 e. The molecular weight excluding hydrogens is 517 g/mol. The number of hydrogen-bond acceptors (Lipinski definition) is 5. The van der Waals surface area contributed by atoms with E-state index >= 15 is 0 Å². The molecule has 0 fully saturated rings. The Kier molecular flexibility index (Phi) is 6.84. The van der Waals surface area contributed by atoms with E-state index in [4.69, 9.17) is 37.4 Å². The zero-order valence-electron chi connectivity index (χ0n) is 16.8. The third-order valence-electron chi connectivity index (χ3n) is 4.58. The third-order valence-corrected chi connectivity index (χ3v) is 5.66. The summed E-state index contributed by atoms with van der Waals surface area (Å²) in [6.07, 6.45) is 1.61. The van der Waals surface area contributed by atoms with Crippen LogP contribution in [0.25, 0.3) is 6.08 Å². The van der Waals surface area contributed by atoms with Gasteiger partial charge in [-0.2, -0.15) is 0 Å². The summed E-state index contributed by atoms with van der Waals surface area (Å²) in [6, 6.07) is 18.1. The maximum Gasteiger partial charge on any atom is 0.363 e. The molecule has 4 rings (SSSR count). The SMILES string of the molecule is COc1cc(/C=C2\N=C(c3ccc(Cl)cc3Cl)OC2=O)ccc1OCc1ccc(Br)cc1. The summed E-state index contributed by atoms with van der Waals surface area (Å²) in [5.74, 6) is 0.682. The van der Waals surface area contributed by atoms with E-state index in [1.165, 1.54) is 0 Å². The highest BCUT2D eigenvalue weighted by Gasteiger charge is 2.25. The van der Waals surface area contributed by atoms with Crippen LogP contribution in [0, 0.1) is 0 Å². The van der Waals surface area contributed by atoms with E-state index in [0.717, 1.165) is 10.0 Å². The van der Waals surface area contributed by atoms with Gasteiger partial charge in [-0.3, -0.25) is 0 Å². The number of esters is 1. The normalized spacial score (nSPS) is 14.3. The molecule has 0 saturated carbocycles. The number of carbonyl (C=O) groups is 1. The van der Waals surface area contributed by atoms with Crippen molar-refractivity contribution < 1.29 is 19.0 Å². The molecule has 5 nitrogen and oxygen atoms in total. The predicted molar refractivity (Wildman–Crippen MR) is 129 cm³/mol. The van der Waals surface area contributed by atoms with Crippen LogP contribution in [0.15, 0.2) is 75.8 Å². The van der Waals surface area contributed by atoms with Gasteiger partial charge in [-0.25, -0.2) is 9.79 Å². The van der Waals surface area contributed by atoms with Crippen LogP contribution in [0.1, 0.15) is 16.7 Å². The average Bonchev–Trinajstić information content (AvgIpc) is 3.13. The molecule has 1 aliphatic rings. The lowest BCUT2D eigenvalue weighted by Gasteiger charge is -2.11. The zero-order valence-corrected chi connectivity index (χ0v) is 19.9. The number of carbonyl (C=O) groups excluding carboxylic acids is 1. The van der Waals surface area contributed by atoms with Crippen molar-refractivity contribution in [2.24, 2.45) is 4.99 Å². The van der Waals surface area contributed by atoms with Gasteiger partial charge in [0, 0.05) is 9.50 Å². The molecule has 0 radical (unpaired) electrons. The minimum Gasteiger partial charge on any atom is -0.493 e. The van der Waals surface area contributed by atoms with Gasteiger partial charge in [-0.15, -0.1) is 0 Å². The Labute approximate surface area is 203 Å². The Bertz CT molecular complexity index is 1240. The number of cyclic esters (lactones) is 1. The van der Waals surface area contributed by atoms with E-state index in [1.807, 2.05) is 30.3 Å². The molecule has 0 N–H and O–H groups in total. The van der Waals surface area contributed by atoms with Crippen LogP contribution in [0.2, 0.25) is 10.0 Å². The Hall–Kier alpha value is -2.80. The largest absolute Gasteiger partial charge is 0.493 e. The Morgan fingerprint density at radius 2 is 1.81 bits per heavy atom. The second-order valence-corrected chi connectivity index (χ2v) is 8.54. The molecular formula is C24H16BrCl2NO4. The summed E-state index contributed by atoms with van der Waals surface area (Å²) in [5, 5.41) is 0.827. The minimum absolute atomic E-state index is 0.129. The number of rotatable bonds is 6. The molecule has 0 aliphatic carbocycles. The molecule has 0 unspecified atom stereocenters. The number of aliphatic imine (C=N–C) groups is 1. The van der Waals surface area contributed by atoms with Gasteiger partial charge in [0.15, 0.2) is 17.2 Å². The van der Waals surface area contributed by atoms with Crippen LogP contribution in [0.5, 0.6) is 11.5 Å². The van der Waals surface area contributed by atoms with E-state index in [0.29, 0.717) is 39.3 Å². The van der Waals surface area contributed by atoms with Crippen molar-refractivity contribution in [3.05, 3.63) is 97.6 Å². The lowest BCUT2D eigenvalue weighted by molar-refractivity contribution is -0.129. The van der Waals surface area contributed by atoms with Gasteiger partial charge in [-0.1, -0.05) is 57.3 Å². The Balaban J connectivity index is 1.54. The van der Waals surface area contributed by atoms with Crippen LogP contribution >= 0.6 is 39.1 Å². The van der Waals surface area contributed by atoms with Crippen LogP contribution in [-0.4, -0.2) is 19.0 Å². The Morgan fingerprint density at radius 1 is 1.03 bits per heavy atom. The van der Waals surface area contributed by atoms with Crippen LogP contribution in [-0.2, 0) is 16.1 Å². The van der Waals surface area contributed by atoms with Gasteiger partial charge >= 0.3 is 5.97 Å². The second kappa shape index (κ2) is 9.77. The van der Waals surface area contributed by atoms with E-state index in [9.17, 15) is 4.79 Å². The lowest BCUT2D eigenvalue weighted by atomic mass is 10.1. The zero-order chi connectivity index (χ0) is 22.7. The van der Waals surface area contributed by atoms with Crippen molar-refractivity contribution in [3.8, 4) is 11.5 Å². The third kappa shape index (κ3) is 5.15. The number of hydrogen-bond donors (Lipinski definition) is 0. The summed E-state index contributed by atoms with van der Waals surface area (Å²) >= 11 is 15.5.